The first-order valence-corrected chi connectivity index (χ1v) is 9.45. The zero-order valence-electron chi connectivity index (χ0n) is 17.1. The molecule has 0 fully saturated rings. The standard InChI is InChI=1S/C23H24O6/c1-7-22(3,4)15-20-13(18(27)14-21(15)28-10(2)23(14,5)6)16(25)11-8-9-12(24)17(26)19(11)29-20/h7-10,24,26-27H,1H2,2-6H3/t10-/m0/s1. The number of aromatic hydroxyl groups is 3. The molecule has 2 aromatic carbocycles. The predicted octanol–water partition coefficient (Wildman–Crippen LogP) is 4.59. The SMILES string of the molecule is C=CC(C)(C)c1c2c(c(O)c3c(=O)c4ccc(O)c(O)c4oc13)C(C)(C)[C@H](C)O2. The van der Waals surface area contributed by atoms with Crippen LogP contribution in [-0.4, -0.2) is 21.4 Å². The van der Waals surface area contributed by atoms with Crippen molar-refractivity contribution in [1.82, 2.24) is 0 Å². The first-order chi connectivity index (χ1) is 13.4. The normalized spacial score (nSPS) is 18.0. The largest absolute Gasteiger partial charge is 0.507 e. The number of benzene rings is 2. The molecular formula is C23H24O6. The molecule has 3 N–H and O–H groups in total. The summed E-state index contributed by atoms with van der Waals surface area (Å²) in [5.41, 5.74) is -0.632. The third-order valence-corrected chi connectivity index (χ3v) is 6.28. The van der Waals surface area contributed by atoms with Crippen LogP contribution in [0, 0.1) is 0 Å². The lowest BCUT2D eigenvalue weighted by Gasteiger charge is -2.26. The molecule has 1 aliphatic rings. The van der Waals surface area contributed by atoms with Crippen LogP contribution in [0.4, 0.5) is 0 Å². The Morgan fingerprint density at radius 1 is 1.14 bits per heavy atom. The lowest BCUT2D eigenvalue weighted by molar-refractivity contribution is 0.183. The second-order valence-corrected chi connectivity index (χ2v) is 8.78. The average Bonchev–Trinajstić information content (AvgIpc) is 2.87. The molecule has 1 aliphatic heterocycles. The molecule has 0 bridgehead atoms. The molecular weight excluding hydrogens is 372 g/mol. The van der Waals surface area contributed by atoms with Gasteiger partial charge in [0.05, 0.1) is 5.39 Å². The van der Waals surface area contributed by atoms with Gasteiger partial charge in [-0.3, -0.25) is 4.79 Å². The van der Waals surface area contributed by atoms with E-state index in [2.05, 4.69) is 6.58 Å². The summed E-state index contributed by atoms with van der Waals surface area (Å²) in [5.74, 6) is -0.657. The molecule has 0 aliphatic carbocycles. The van der Waals surface area contributed by atoms with Crippen LogP contribution in [0.25, 0.3) is 21.9 Å². The fraction of sp³-hybridized carbons (Fsp3) is 0.348. The molecule has 0 amide bonds. The second-order valence-electron chi connectivity index (χ2n) is 8.78. The Labute approximate surface area is 167 Å². The molecule has 1 atom stereocenters. The van der Waals surface area contributed by atoms with E-state index >= 15 is 0 Å². The van der Waals surface area contributed by atoms with E-state index in [9.17, 15) is 20.1 Å². The van der Waals surface area contributed by atoms with E-state index < -0.39 is 27.8 Å². The number of hydrogen-bond donors (Lipinski definition) is 3. The van der Waals surface area contributed by atoms with Gasteiger partial charge in [-0.1, -0.05) is 33.8 Å². The van der Waals surface area contributed by atoms with Crippen LogP contribution in [0.3, 0.4) is 0 Å². The maximum Gasteiger partial charge on any atom is 0.204 e. The Bertz CT molecular complexity index is 1260. The molecule has 0 unspecified atom stereocenters. The van der Waals surface area contributed by atoms with E-state index in [0.29, 0.717) is 16.9 Å². The van der Waals surface area contributed by atoms with Gasteiger partial charge in [-0.15, -0.1) is 6.58 Å². The number of phenolic OH excluding ortho intramolecular Hbond substituents is 3. The Kier molecular flexibility index (Phi) is 3.76. The highest BCUT2D eigenvalue weighted by Crippen LogP contribution is 2.55. The topological polar surface area (TPSA) is 100 Å². The first-order valence-electron chi connectivity index (χ1n) is 9.45. The van der Waals surface area contributed by atoms with E-state index in [1.165, 1.54) is 12.1 Å². The molecule has 1 aromatic heterocycles. The molecule has 4 rings (SSSR count). The lowest BCUT2D eigenvalue weighted by Crippen LogP contribution is -2.29. The molecule has 0 radical (unpaired) electrons. The zero-order chi connectivity index (χ0) is 21.5. The molecule has 0 spiro atoms. The van der Waals surface area contributed by atoms with E-state index in [1.807, 2.05) is 34.6 Å². The number of hydrogen-bond acceptors (Lipinski definition) is 6. The fourth-order valence-electron chi connectivity index (χ4n) is 4.02. The van der Waals surface area contributed by atoms with Gasteiger partial charge in [-0.25, -0.2) is 0 Å². The van der Waals surface area contributed by atoms with Crippen molar-refractivity contribution in [2.45, 2.75) is 51.6 Å². The van der Waals surface area contributed by atoms with Gasteiger partial charge in [0.25, 0.3) is 0 Å². The van der Waals surface area contributed by atoms with Gasteiger partial charge in [0.1, 0.15) is 28.6 Å². The smallest absolute Gasteiger partial charge is 0.204 e. The Balaban J connectivity index is 2.35. The fourth-order valence-corrected chi connectivity index (χ4v) is 4.02. The summed E-state index contributed by atoms with van der Waals surface area (Å²) in [7, 11) is 0. The van der Waals surface area contributed by atoms with Crippen LogP contribution in [0.15, 0.2) is 34.0 Å². The minimum Gasteiger partial charge on any atom is -0.507 e. The third kappa shape index (κ3) is 2.32. The molecule has 0 saturated carbocycles. The van der Waals surface area contributed by atoms with Crippen molar-refractivity contribution >= 4 is 21.9 Å². The van der Waals surface area contributed by atoms with Crippen LogP contribution in [0.1, 0.15) is 45.7 Å². The summed E-state index contributed by atoms with van der Waals surface area (Å²) in [4.78, 5) is 13.4. The summed E-state index contributed by atoms with van der Waals surface area (Å²) in [6, 6.07) is 2.58. The van der Waals surface area contributed by atoms with Gasteiger partial charge in [-0.2, -0.15) is 0 Å². The summed E-state index contributed by atoms with van der Waals surface area (Å²) in [6.07, 6.45) is 1.46. The predicted molar refractivity (Wildman–Crippen MR) is 111 cm³/mol. The Hall–Kier alpha value is -3.15. The van der Waals surface area contributed by atoms with Crippen LogP contribution in [0.2, 0.25) is 0 Å². The molecule has 29 heavy (non-hydrogen) atoms. The number of allylic oxidation sites excluding steroid dienone is 1. The highest BCUT2D eigenvalue weighted by molar-refractivity contribution is 6.00. The van der Waals surface area contributed by atoms with Gasteiger partial charge in [0, 0.05) is 22.0 Å². The molecule has 0 saturated heterocycles. The summed E-state index contributed by atoms with van der Waals surface area (Å²) >= 11 is 0. The Morgan fingerprint density at radius 2 is 1.79 bits per heavy atom. The average molecular weight is 396 g/mol. The summed E-state index contributed by atoms with van der Waals surface area (Å²) < 4.78 is 12.1. The van der Waals surface area contributed by atoms with Crippen molar-refractivity contribution in [2.24, 2.45) is 0 Å². The van der Waals surface area contributed by atoms with E-state index in [4.69, 9.17) is 9.15 Å². The molecule has 6 nitrogen and oxygen atoms in total. The third-order valence-electron chi connectivity index (χ3n) is 6.28. The minimum atomic E-state index is -0.674. The minimum absolute atomic E-state index is 0.0250. The molecule has 3 aromatic rings. The second kappa shape index (κ2) is 5.69. The van der Waals surface area contributed by atoms with Gasteiger partial charge in [-0.05, 0) is 19.1 Å². The lowest BCUT2D eigenvalue weighted by atomic mass is 9.76. The maximum atomic E-state index is 13.4. The van der Waals surface area contributed by atoms with Crippen molar-refractivity contribution in [3.63, 3.8) is 0 Å². The molecule has 2 heterocycles. The highest BCUT2D eigenvalue weighted by atomic mass is 16.5. The molecule has 6 heteroatoms. The first kappa shape index (κ1) is 19.2. The number of fused-ring (bicyclic) bond motifs is 3. The monoisotopic (exact) mass is 396 g/mol. The van der Waals surface area contributed by atoms with Crippen molar-refractivity contribution in [3.8, 4) is 23.0 Å². The number of phenols is 3. The van der Waals surface area contributed by atoms with Gasteiger partial charge in [0.15, 0.2) is 11.3 Å². The maximum absolute atomic E-state index is 13.4. The Morgan fingerprint density at radius 3 is 2.41 bits per heavy atom. The van der Waals surface area contributed by atoms with Crippen LogP contribution >= 0.6 is 0 Å². The quantitative estimate of drug-likeness (QED) is 0.333. The van der Waals surface area contributed by atoms with Crippen molar-refractivity contribution in [3.05, 3.63) is 46.1 Å². The van der Waals surface area contributed by atoms with Gasteiger partial charge in [0.2, 0.25) is 11.2 Å². The number of ether oxygens (including phenoxy) is 1. The zero-order valence-corrected chi connectivity index (χ0v) is 17.1. The van der Waals surface area contributed by atoms with E-state index in [1.54, 1.807) is 6.08 Å². The van der Waals surface area contributed by atoms with Gasteiger partial charge >= 0.3 is 0 Å². The number of rotatable bonds is 2. The van der Waals surface area contributed by atoms with E-state index in [0.717, 1.165) is 0 Å². The van der Waals surface area contributed by atoms with Gasteiger partial charge < -0.3 is 24.5 Å². The van der Waals surface area contributed by atoms with Crippen molar-refractivity contribution < 1.29 is 24.5 Å². The molecule has 152 valence electrons. The highest BCUT2D eigenvalue weighted by Gasteiger charge is 2.46. The van der Waals surface area contributed by atoms with Crippen molar-refractivity contribution in [2.75, 3.05) is 0 Å². The van der Waals surface area contributed by atoms with Crippen LogP contribution < -0.4 is 10.2 Å². The van der Waals surface area contributed by atoms with Crippen LogP contribution in [0.5, 0.6) is 23.0 Å². The summed E-state index contributed by atoms with van der Waals surface area (Å²) in [5, 5.41) is 31.4. The van der Waals surface area contributed by atoms with Crippen molar-refractivity contribution in [1.29, 1.82) is 0 Å². The summed E-state index contributed by atoms with van der Waals surface area (Å²) in [6.45, 7) is 13.5. The van der Waals surface area contributed by atoms with E-state index in [-0.39, 0.29) is 33.8 Å². The van der Waals surface area contributed by atoms with Crippen LogP contribution in [-0.2, 0) is 10.8 Å².